The molecule has 0 radical (unpaired) electrons. The zero-order valence-corrected chi connectivity index (χ0v) is 11.9. The fourth-order valence-corrected chi connectivity index (χ4v) is 3.35. The van der Waals surface area contributed by atoms with Crippen molar-refractivity contribution < 1.29 is 4.79 Å². The summed E-state index contributed by atoms with van der Waals surface area (Å²) >= 11 is 1.66. The lowest BCUT2D eigenvalue weighted by Crippen LogP contribution is -2.40. The van der Waals surface area contributed by atoms with E-state index in [0.29, 0.717) is 6.42 Å². The van der Waals surface area contributed by atoms with Crippen molar-refractivity contribution in [2.24, 2.45) is 5.73 Å². The van der Waals surface area contributed by atoms with E-state index in [1.165, 1.54) is 6.42 Å². The maximum Gasteiger partial charge on any atom is 0.224 e. The summed E-state index contributed by atoms with van der Waals surface area (Å²) in [6, 6.07) is 0.0989. The molecule has 1 aromatic rings. The number of aryl methyl sites for hydroxylation is 1. The Bertz CT molecular complexity index is 416. The summed E-state index contributed by atoms with van der Waals surface area (Å²) in [5.41, 5.74) is 6.77. The fourth-order valence-electron chi connectivity index (χ4n) is 2.40. The second-order valence-electron chi connectivity index (χ2n) is 5.11. The number of carbonyl (C=O) groups excluding carboxylic acids is 1. The maximum atomic E-state index is 12.2. The molecular weight excluding hydrogens is 246 g/mol. The zero-order valence-electron chi connectivity index (χ0n) is 11.1. The number of amides is 1. The summed E-state index contributed by atoms with van der Waals surface area (Å²) in [6.45, 7) is 4.72. The third-order valence-corrected chi connectivity index (χ3v) is 4.31. The van der Waals surface area contributed by atoms with Gasteiger partial charge in [-0.15, -0.1) is 11.3 Å². The first kappa shape index (κ1) is 13.5. The van der Waals surface area contributed by atoms with Crippen molar-refractivity contribution in [1.29, 1.82) is 0 Å². The second kappa shape index (κ2) is 5.80. The third kappa shape index (κ3) is 3.09. The highest BCUT2D eigenvalue weighted by Crippen LogP contribution is 2.33. The normalized spacial score (nSPS) is 21.9. The molecule has 0 aromatic carbocycles. The van der Waals surface area contributed by atoms with Crippen LogP contribution in [0, 0.1) is 6.92 Å². The molecule has 2 atom stereocenters. The molecule has 1 amide bonds. The molecule has 1 saturated heterocycles. The van der Waals surface area contributed by atoms with Crippen LogP contribution in [0.1, 0.15) is 49.4 Å². The largest absolute Gasteiger partial charge is 0.333 e. The topological polar surface area (TPSA) is 59.2 Å². The average Bonchev–Trinajstić information content (AvgIpc) is 2.75. The first-order valence-electron chi connectivity index (χ1n) is 6.55. The zero-order chi connectivity index (χ0) is 13.1. The van der Waals surface area contributed by atoms with Gasteiger partial charge in [0.2, 0.25) is 5.91 Å². The Hall–Kier alpha value is -0.940. The molecule has 5 heteroatoms. The molecule has 100 valence electrons. The quantitative estimate of drug-likeness (QED) is 0.913. The molecule has 2 unspecified atom stereocenters. The molecule has 4 nitrogen and oxygen atoms in total. The summed E-state index contributed by atoms with van der Waals surface area (Å²) in [5, 5.41) is 3.13. The molecule has 1 aliphatic rings. The first-order chi connectivity index (χ1) is 8.58. The average molecular weight is 267 g/mol. The summed E-state index contributed by atoms with van der Waals surface area (Å²) in [7, 11) is 0. The van der Waals surface area contributed by atoms with Gasteiger partial charge in [0.25, 0.3) is 0 Å². The lowest BCUT2D eigenvalue weighted by atomic mass is 10.0. The van der Waals surface area contributed by atoms with Gasteiger partial charge in [-0.25, -0.2) is 4.98 Å². The van der Waals surface area contributed by atoms with Crippen molar-refractivity contribution >= 4 is 17.2 Å². The highest BCUT2D eigenvalue weighted by Gasteiger charge is 2.29. The van der Waals surface area contributed by atoms with E-state index in [1.54, 1.807) is 11.3 Å². The lowest BCUT2D eigenvalue weighted by Gasteiger charge is -2.35. The van der Waals surface area contributed by atoms with E-state index in [4.69, 9.17) is 5.73 Å². The van der Waals surface area contributed by atoms with Crippen LogP contribution in [0.2, 0.25) is 0 Å². The Balaban J connectivity index is 2.13. The van der Waals surface area contributed by atoms with Crippen molar-refractivity contribution in [3.63, 3.8) is 0 Å². The van der Waals surface area contributed by atoms with E-state index in [2.05, 4.69) is 10.4 Å². The van der Waals surface area contributed by atoms with Gasteiger partial charge < -0.3 is 10.6 Å². The van der Waals surface area contributed by atoms with Gasteiger partial charge in [0, 0.05) is 30.1 Å². The number of hydrogen-bond acceptors (Lipinski definition) is 4. The van der Waals surface area contributed by atoms with Crippen LogP contribution in [0.4, 0.5) is 0 Å². The number of aromatic nitrogens is 1. The van der Waals surface area contributed by atoms with E-state index < -0.39 is 0 Å². The molecule has 2 heterocycles. The van der Waals surface area contributed by atoms with Crippen molar-refractivity contribution in [3.8, 4) is 0 Å². The summed E-state index contributed by atoms with van der Waals surface area (Å²) in [4.78, 5) is 18.7. The molecule has 0 saturated carbocycles. The monoisotopic (exact) mass is 267 g/mol. The summed E-state index contributed by atoms with van der Waals surface area (Å²) in [5.74, 6) is 0.169. The van der Waals surface area contributed by atoms with E-state index in [9.17, 15) is 4.79 Å². The van der Waals surface area contributed by atoms with Crippen LogP contribution < -0.4 is 5.73 Å². The van der Waals surface area contributed by atoms with Crippen LogP contribution in [-0.2, 0) is 4.79 Å². The van der Waals surface area contributed by atoms with E-state index in [-0.39, 0.29) is 18.0 Å². The Morgan fingerprint density at radius 2 is 2.44 bits per heavy atom. The number of piperidine rings is 1. The first-order valence-corrected chi connectivity index (χ1v) is 7.43. The summed E-state index contributed by atoms with van der Waals surface area (Å²) in [6.07, 6.45) is 3.72. The number of thiazole rings is 1. The standard InChI is InChI=1S/C13H21N3OS/c1-9(14)7-12(17)16-6-4-3-5-11(16)13-15-10(2)8-18-13/h8-9,11H,3-7,14H2,1-2H3. The third-order valence-electron chi connectivity index (χ3n) is 3.24. The molecule has 2 N–H and O–H groups in total. The molecule has 2 rings (SSSR count). The number of hydrogen-bond donors (Lipinski definition) is 1. The van der Waals surface area contributed by atoms with Crippen molar-refractivity contribution in [1.82, 2.24) is 9.88 Å². The van der Waals surface area contributed by atoms with Crippen LogP contribution in [-0.4, -0.2) is 28.4 Å². The Labute approximate surface area is 112 Å². The lowest BCUT2D eigenvalue weighted by molar-refractivity contribution is -0.135. The minimum absolute atomic E-state index is 0.0712. The van der Waals surface area contributed by atoms with Gasteiger partial charge in [0.05, 0.1) is 6.04 Å². The Morgan fingerprint density at radius 1 is 1.67 bits per heavy atom. The molecule has 0 aliphatic carbocycles. The minimum Gasteiger partial charge on any atom is -0.333 e. The SMILES string of the molecule is Cc1csc(C2CCCCN2C(=O)CC(C)N)n1. The highest BCUT2D eigenvalue weighted by atomic mass is 32.1. The summed E-state index contributed by atoms with van der Waals surface area (Å²) < 4.78 is 0. The van der Waals surface area contributed by atoms with Crippen LogP contribution in [0.5, 0.6) is 0 Å². The van der Waals surface area contributed by atoms with Gasteiger partial charge in [-0.05, 0) is 33.1 Å². The van der Waals surface area contributed by atoms with Gasteiger partial charge in [-0.3, -0.25) is 4.79 Å². The minimum atomic E-state index is -0.0712. The number of likely N-dealkylation sites (tertiary alicyclic amines) is 1. The van der Waals surface area contributed by atoms with Crippen LogP contribution >= 0.6 is 11.3 Å². The fraction of sp³-hybridized carbons (Fsp3) is 0.692. The Kier molecular flexibility index (Phi) is 4.35. The highest BCUT2D eigenvalue weighted by molar-refractivity contribution is 7.09. The number of nitrogens with zero attached hydrogens (tertiary/aromatic N) is 2. The Morgan fingerprint density at radius 3 is 3.06 bits per heavy atom. The van der Waals surface area contributed by atoms with Crippen LogP contribution in [0.15, 0.2) is 5.38 Å². The predicted molar refractivity (Wildman–Crippen MR) is 73.4 cm³/mol. The van der Waals surface area contributed by atoms with Gasteiger partial charge >= 0.3 is 0 Å². The van der Waals surface area contributed by atoms with Gasteiger partial charge in [0.15, 0.2) is 0 Å². The van der Waals surface area contributed by atoms with Gasteiger partial charge in [-0.2, -0.15) is 0 Å². The van der Waals surface area contributed by atoms with E-state index in [1.807, 2.05) is 18.7 Å². The van der Waals surface area contributed by atoms with E-state index >= 15 is 0 Å². The molecule has 1 aliphatic heterocycles. The molecule has 1 fully saturated rings. The van der Waals surface area contributed by atoms with Crippen LogP contribution in [0.25, 0.3) is 0 Å². The van der Waals surface area contributed by atoms with Crippen molar-refractivity contribution in [2.45, 2.75) is 51.6 Å². The molecule has 1 aromatic heterocycles. The number of carbonyl (C=O) groups is 1. The number of rotatable bonds is 3. The van der Waals surface area contributed by atoms with Crippen molar-refractivity contribution in [3.05, 3.63) is 16.1 Å². The van der Waals surface area contributed by atoms with Crippen molar-refractivity contribution in [2.75, 3.05) is 6.54 Å². The van der Waals surface area contributed by atoms with E-state index in [0.717, 1.165) is 30.1 Å². The molecule has 0 bridgehead atoms. The molecule has 18 heavy (non-hydrogen) atoms. The molecule has 0 spiro atoms. The van der Waals surface area contributed by atoms with Crippen LogP contribution in [0.3, 0.4) is 0 Å². The van der Waals surface area contributed by atoms with Gasteiger partial charge in [-0.1, -0.05) is 0 Å². The van der Waals surface area contributed by atoms with Gasteiger partial charge in [0.1, 0.15) is 5.01 Å². The maximum absolute atomic E-state index is 12.2. The smallest absolute Gasteiger partial charge is 0.224 e. The second-order valence-corrected chi connectivity index (χ2v) is 6.00. The molecular formula is C13H21N3OS. The predicted octanol–water partition coefficient (Wildman–Crippen LogP) is 2.24. The number of nitrogens with two attached hydrogens (primary N) is 1.